The van der Waals surface area contributed by atoms with Crippen molar-refractivity contribution in [1.82, 2.24) is 15.0 Å². The number of hydrogen-bond acceptors (Lipinski definition) is 5. The van der Waals surface area contributed by atoms with Gasteiger partial charge in [0.25, 0.3) is 0 Å². The zero-order valence-corrected chi connectivity index (χ0v) is 13.7. The summed E-state index contributed by atoms with van der Waals surface area (Å²) in [5.74, 6) is 0.565. The summed E-state index contributed by atoms with van der Waals surface area (Å²) in [5, 5.41) is 3.81. The first kappa shape index (κ1) is 16.1. The second-order valence-corrected chi connectivity index (χ2v) is 6.79. The first-order valence-electron chi connectivity index (χ1n) is 6.17. The first-order valence-corrected chi connectivity index (χ1v) is 7.31. The molecule has 0 bridgehead atoms. The molecule has 0 saturated carbocycles. The fraction of sp³-hybridized carbons (Fsp3) is 0.308. The van der Waals surface area contributed by atoms with Crippen molar-refractivity contribution < 1.29 is 0 Å². The topological polar surface area (TPSA) is 76.7 Å². The Morgan fingerprint density at radius 1 is 1.14 bits per heavy atom. The van der Waals surface area contributed by atoms with E-state index in [-0.39, 0.29) is 17.8 Å². The summed E-state index contributed by atoms with van der Waals surface area (Å²) in [7, 11) is 0. The van der Waals surface area contributed by atoms with Gasteiger partial charge in [0.15, 0.2) is 10.2 Å². The van der Waals surface area contributed by atoms with E-state index in [0.717, 1.165) is 5.56 Å². The zero-order valence-electron chi connectivity index (χ0n) is 11.4. The van der Waals surface area contributed by atoms with Crippen LogP contribution in [0.4, 0.5) is 11.9 Å². The number of aromatic nitrogens is 3. The van der Waals surface area contributed by atoms with Crippen molar-refractivity contribution in [3.05, 3.63) is 40.7 Å². The second kappa shape index (κ2) is 6.22. The highest BCUT2D eigenvalue weighted by atomic mass is 35.5. The molecule has 0 saturated heterocycles. The Kier molecular flexibility index (Phi) is 4.76. The van der Waals surface area contributed by atoms with Crippen LogP contribution in [-0.2, 0) is 4.33 Å². The highest BCUT2D eigenvalue weighted by Gasteiger charge is 2.25. The summed E-state index contributed by atoms with van der Waals surface area (Å²) in [6.07, 6.45) is 0. The Bertz CT molecular complexity index is 625. The molecule has 2 rings (SSSR count). The van der Waals surface area contributed by atoms with E-state index in [4.69, 9.17) is 40.5 Å². The minimum absolute atomic E-state index is 0.0474. The van der Waals surface area contributed by atoms with Crippen molar-refractivity contribution in [2.45, 2.75) is 24.2 Å². The van der Waals surface area contributed by atoms with Gasteiger partial charge in [-0.3, -0.25) is 0 Å². The lowest BCUT2D eigenvalue weighted by Gasteiger charge is -2.17. The Labute approximate surface area is 137 Å². The smallest absolute Gasteiger partial charge is 0.228 e. The number of nitrogen functional groups attached to an aromatic ring is 1. The maximum Gasteiger partial charge on any atom is 0.228 e. The lowest BCUT2D eigenvalue weighted by molar-refractivity contribution is 0.801. The number of halogens is 3. The minimum Gasteiger partial charge on any atom is -0.368 e. The number of benzene rings is 1. The highest BCUT2D eigenvalue weighted by molar-refractivity contribution is 6.47. The van der Waals surface area contributed by atoms with Crippen LogP contribution in [0.25, 0.3) is 0 Å². The van der Waals surface area contributed by atoms with Crippen molar-refractivity contribution in [3.63, 3.8) is 0 Å². The zero-order chi connectivity index (χ0) is 15.6. The molecule has 1 aromatic carbocycles. The van der Waals surface area contributed by atoms with Crippen LogP contribution in [0.1, 0.15) is 31.3 Å². The predicted octanol–water partition coefficient (Wildman–Crippen LogP) is 3.93. The second-order valence-electron chi connectivity index (χ2n) is 4.65. The largest absolute Gasteiger partial charge is 0.368 e. The van der Waals surface area contributed by atoms with Gasteiger partial charge in [0, 0.05) is 5.02 Å². The van der Waals surface area contributed by atoms with Crippen LogP contribution >= 0.6 is 34.8 Å². The summed E-state index contributed by atoms with van der Waals surface area (Å²) < 4.78 is -1.24. The molecule has 1 heterocycles. The van der Waals surface area contributed by atoms with E-state index in [0.29, 0.717) is 11.0 Å². The number of nitrogens with zero attached hydrogens (tertiary/aromatic N) is 3. The Hall–Kier alpha value is -1.30. The molecule has 0 amide bonds. The van der Waals surface area contributed by atoms with Crippen LogP contribution in [0.5, 0.6) is 0 Å². The van der Waals surface area contributed by atoms with E-state index in [1.54, 1.807) is 6.92 Å². The van der Waals surface area contributed by atoms with Gasteiger partial charge in [0.1, 0.15) is 0 Å². The summed E-state index contributed by atoms with van der Waals surface area (Å²) in [6, 6.07) is 7.42. The lowest BCUT2D eigenvalue weighted by Crippen LogP contribution is -2.17. The third-order valence-electron chi connectivity index (χ3n) is 2.76. The van der Waals surface area contributed by atoms with Crippen LogP contribution in [0.2, 0.25) is 5.02 Å². The monoisotopic (exact) mass is 345 g/mol. The van der Waals surface area contributed by atoms with Crippen molar-refractivity contribution in [1.29, 1.82) is 0 Å². The summed E-state index contributed by atoms with van der Waals surface area (Å²) in [4.78, 5) is 12.1. The number of nitrogens with one attached hydrogen (secondary N) is 1. The molecule has 0 aliphatic heterocycles. The van der Waals surface area contributed by atoms with Crippen molar-refractivity contribution in [2.75, 3.05) is 11.1 Å². The third kappa shape index (κ3) is 4.33. The van der Waals surface area contributed by atoms with Gasteiger partial charge < -0.3 is 11.1 Å². The van der Waals surface area contributed by atoms with Crippen LogP contribution in [0.3, 0.4) is 0 Å². The molecule has 0 fully saturated rings. The van der Waals surface area contributed by atoms with Gasteiger partial charge in [-0.05, 0) is 31.5 Å². The van der Waals surface area contributed by atoms with E-state index >= 15 is 0 Å². The van der Waals surface area contributed by atoms with Crippen molar-refractivity contribution in [3.8, 4) is 0 Å². The Morgan fingerprint density at radius 3 is 2.33 bits per heavy atom. The fourth-order valence-corrected chi connectivity index (χ4v) is 1.98. The Morgan fingerprint density at radius 2 is 1.76 bits per heavy atom. The highest BCUT2D eigenvalue weighted by Crippen LogP contribution is 2.31. The van der Waals surface area contributed by atoms with E-state index in [2.05, 4.69) is 20.3 Å². The number of nitrogens with two attached hydrogens (primary N) is 1. The maximum absolute atomic E-state index is 5.99. The predicted molar refractivity (Wildman–Crippen MR) is 86.8 cm³/mol. The molecule has 5 nitrogen and oxygen atoms in total. The molecule has 21 heavy (non-hydrogen) atoms. The van der Waals surface area contributed by atoms with Crippen molar-refractivity contribution in [2.24, 2.45) is 0 Å². The summed E-state index contributed by atoms with van der Waals surface area (Å²) in [6.45, 7) is 3.53. The minimum atomic E-state index is -1.24. The summed E-state index contributed by atoms with van der Waals surface area (Å²) in [5.41, 5.74) is 6.68. The normalized spacial score (nSPS) is 13.0. The number of alkyl halides is 2. The van der Waals surface area contributed by atoms with Gasteiger partial charge >= 0.3 is 0 Å². The average Bonchev–Trinajstić information content (AvgIpc) is 2.37. The van der Waals surface area contributed by atoms with Crippen molar-refractivity contribution >= 4 is 46.7 Å². The SMILES string of the molecule is CC(Nc1nc(N)nc(C(C)(Cl)Cl)n1)c1ccc(Cl)cc1. The first-order chi connectivity index (χ1) is 9.75. The van der Waals surface area contributed by atoms with Crippen LogP contribution in [0, 0.1) is 0 Å². The fourth-order valence-electron chi connectivity index (χ4n) is 1.68. The molecule has 0 aliphatic carbocycles. The molecule has 0 spiro atoms. The van der Waals surface area contributed by atoms with E-state index in [1.807, 2.05) is 31.2 Å². The van der Waals surface area contributed by atoms with Crippen LogP contribution in [-0.4, -0.2) is 15.0 Å². The number of rotatable bonds is 4. The quantitative estimate of drug-likeness (QED) is 0.820. The molecular formula is C13H14Cl3N5. The van der Waals surface area contributed by atoms with Gasteiger partial charge in [-0.2, -0.15) is 15.0 Å². The molecule has 0 radical (unpaired) electrons. The molecule has 1 atom stereocenters. The van der Waals surface area contributed by atoms with Gasteiger partial charge in [-0.15, -0.1) is 0 Å². The third-order valence-corrected chi connectivity index (χ3v) is 3.35. The van der Waals surface area contributed by atoms with Crippen LogP contribution in [0.15, 0.2) is 24.3 Å². The van der Waals surface area contributed by atoms with Gasteiger partial charge in [-0.1, -0.05) is 46.9 Å². The molecular weight excluding hydrogens is 333 g/mol. The number of anilines is 2. The van der Waals surface area contributed by atoms with Gasteiger partial charge in [0.2, 0.25) is 11.9 Å². The van der Waals surface area contributed by atoms with Crippen LogP contribution < -0.4 is 11.1 Å². The van der Waals surface area contributed by atoms with Gasteiger partial charge in [-0.25, -0.2) is 0 Å². The van der Waals surface area contributed by atoms with E-state index in [9.17, 15) is 0 Å². The number of hydrogen-bond donors (Lipinski definition) is 2. The van der Waals surface area contributed by atoms with Gasteiger partial charge in [0.05, 0.1) is 6.04 Å². The lowest BCUT2D eigenvalue weighted by atomic mass is 10.1. The van der Waals surface area contributed by atoms with E-state index in [1.165, 1.54) is 0 Å². The molecule has 3 N–H and O–H groups in total. The van der Waals surface area contributed by atoms with E-state index < -0.39 is 4.33 Å². The molecule has 112 valence electrons. The average molecular weight is 347 g/mol. The molecule has 1 aromatic heterocycles. The molecule has 2 aromatic rings. The molecule has 0 aliphatic rings. The summed E-state index contributed by atoms with van der Waals surface area (Å²) >= 11 is 17.8. The Balaban J connectivity index is 2.23. The maximum atomic E-state index is 5.99. The molecule has 1 unspecified atom stereocenters. The standard InChI is InChI=1S/C13H14Cl3N5/c1-7(8-3-5-9(14)6-4-8)18-12-20-10(13(2,15)16)19-11(17)21-12/h3-7H,1-2H3,(H3,17,18,19,20,21). The molecule has 8 heteroatoms.